The highest BCUT2D eigenvalue weighted by Crippen LogP contribution is 2.28. The van der Waals surface area contributed by atoms with E-state index in [2.05, 4.69) is 16.5 Å². The first-order valence-electron chi connectivity index (χ1n) is 6.53. The molecule has 1 N–H and O–H groups in total. The number of carboxylic acid groups (broad SMARTS) is 1. The van der Waals surface area contributed by atoms with Gasteiger partial charge >= 0.3 is 12.3 Å². The van der Waals surface area contributed by atoms with E-state index in [4.69, 9.17) is 9.84 Å². The second-order valence-corrected chi connectivity index (χ2v) is 4.74. The van der Waals surface area contributed by atoms with Crippen LogP contribution in [0, 0.1) is 0 Å². The number of alkyl halides is 3. The van der Waals surface area contributed by atoms with E-state index < -0.39 is 18.1 Å². The quantitative estimate of drug-likeness (QED) is 0.927. The minimum absolute atomic E-state index is 0.0142. The minimum Gasteiger partial charge on any atom is -0.474 e. The smallest absolute Gasteiger partial charge is 0.451 e. The normalized spacial score (nSPS) is 16.4. The van der Waals surface area contributed by atoms with Crippen LogP contribution in [-0.4, -0.2) is 45.3 Å². The monoisotopic (exact) mass is 317 g/mol. The fraction of sp³-hybridized carbons (Fsp3) is 0.462. The second kappa shape index (κ2) is 6.20. The highest BCUT2D eigenvalue weighted by molar-refractivity contribution is 5.65. The highest BCUT2D eigenvalue weighted by atomic mass is 19.4. The largest absolute Gasteiger partial charge is 0.474 e. The van der Waals surface area contributed by atoms with Crippen molar-refractivity contribution in [2.24, 2.45) is 0 Å². The predicted octanol–water partition coefficient (Wildman–Crippen LogP) is 2.66. The van der Waals surface area contributed by atoms with Gasteiger partial charge in [0.05, 0.1) is 5.69 Å². The van der Waals surface area contributed by atoms with Gasteiger partial charge in [0.15, 0.2) is 0 Å². The zero-order valence-corrected chi connectivity index (χ0v) is 11.5. The number of hydrogen-bond acceptors (Lipinski definition) is 4. The molecule has 0 bridgehead atoms. The Labute approximate surface area is 124 Å². The van der Waals surface area contributed by atoms with E-state index in [-0.39, 0.29) is 30.8 Å². The Bertz CT molecular complexity index is 569. The fourth-order valence-corrected chi connectivity index (χ4v) is 2.07. The lowest BCUT2D eigenvalue weighted by Gasteiger charge is -2.30. The maximum absolute atomic E-state index is 12.7. The first-order valence-corrected chi connectivity index (χ1v) is 6.53. The van der Waals surface area contributed by atoms with Crippen LogP contribution >= 0.6 is 0 Å². The van der Waals surface area contributed by atoms with Crippen LogP contribution < -0.4 is 4.74 Å². The van der Waals surface area contributed by atoms with E-state index in [9.17, 15) is 18.0 Å². The van der Waals surface area contributed by atoms with E-state index in [0.29, 0.717) is 12.8 Å². The molecule has 1 saturated heterocycles. The van der Waals surface area contributed by atoms with Gasteiger partial charge in [-0.1, -0.05) is 6.58 Å². The number of piperidine rings is 1. The van der Waals surface area contributed by atoms with Crippen LogP contribution in [0.25, 0.3) is 6.08 Å². The van der Waals surface area contributed by atoms with Crippen molar-refractivity contribution in [1.29, 1.82) is 0 Å². The van der Waals surface area contributed by atoms with Gasteiger partial charge in [-0.15, -0.1) is 0 Å². The first kappa shape index (κ1) is 16.1. The summed E-state index contributed by atoms with van der Waals surface area (Å²) in [6, 6.07) is 1.27. The molecular weight excluding hydrogens is 303 g/mol. The van der Waals surface area contributed by atoms with Crippen LogP contribution in [-0.2, 0) is 6.18 Å². The van der Waals surface area contributed by atoms with Crippen molar-refractivity contribution in [3.8, 4) is 5.88 Å². The number of halogens is 3. The number of rotatable bonds is 3. The molecule has 0 atom stereocenters. The molecule has 9 heteroatoms. The van der Waals surface area contributed by atoms with Crippen LogP contribution in [0.4, 0.5) is 18.0 Å². The van der Waals surface area contributed by atoms with E-state index >= 15 is 0 Å². The molecule has 1 aromatic rings. The number of nitrogens with zero attached hydrogens (tertiary/aromatic N) is 3. The molecule has 1 amide bonds. The molecule has 1 aliphatic rings. The molecule has 0 aliphatic carbocycles. The van der Waals surface area contributed by atoms with E-state index in [0.717, 1.165) is 0 Å². The molecular formula is C13H14F3N3O3. The maximum Gasteiger partial charge on any atom is 0.451 e. The molecule has 0 saturated carbocycles. The molecule has 2 rings (SSSR count). The van der Waals surface area contributed by atoms with Gasteiger partial charge < -0.3 is 14.7 Å². The SMILES string of the molecule is C=Cc1cc(OC2CCN(C(=O)O)CC2)nc(C(F)(F)F)n1. The van der Waals surface area contributed by atoms with Crippen molar-refractivity contribution in [2.75, 3.05) is 13.1 Å². The summed E-state index contributed by atoms with van der Waals surface area (Å²) in [7, 11) is 0. The zero-order chi connectivity index (χ0) is 16.3. The minimum atomic E-state index is -4.68. The summed E-state index contributed by atoms with van der Waals surface area (Å²) in [5.41, 5.74) is 0.0142. The predicted molar refractivity (Wildman–Crippen MR) is 70.4 cm³/mol. The molecule has 6 nitrogen and oxygen atoms in total. The summed E-state index contributed by atoms with van der Waals surface area (Å²) in [6.07, 6.45) is -4.12. The van der Waals surface area contributed by atoms with Crippen molar-refractivity contribution >= 4 is 12.2 Å². The van der Waals surface area contributed by atoms with Gasteiger partial charge in [0.1, 0.15) is 6.10 Å². The van der Waals surface area contributed by atoms with Gasteiger partial charge in [0.2, 0.25) is 11.7 Å². The first-order chi connectivity index (χ1) is 10.3. The Morgan fingerprint density at radius 1 is 1.41 bits per heavy atom. The molecule has 1 aliphatic heterocycles. The number of carbonyl (C=O) groups is 1. The number of ether oxygens (including phenoxy) is 1. The third kappa shape index (κ3) is 3.86. The van der Waals surface area contributed by atoms with E-state index in [1.54, 1.807) is 0 Å². The average Bonchev–Trinajstić information content (AvgIpc) is 2.46. The molecule has 2 heterocycles. The molecule has 1 aromatic heterocycles. The Morgan fingerprint density at radius 2 is 2.05 bits per heavy atom. The van der Waals surface area contributed by atoms with Crippen molar-refractivity contribution < 1.29 is 27.8 Å². The highest BCUT2D eigenvalue weighted by Gasteiger charge is 2.35. The van der Waals surface area contributed by atoms with Crippen LogP contribution in [0.1, 0.15) is 24.4 Å². The van der Waals surface area contributed by atoms with Gasteiger partial charge in [0, 0.05) is 32.0 Å². The lowest BCUT2D eigenvalue weighted by molar-refractivity contribution is -0.145. The molecule has 0 spiro atoms. The van der Waals surface area contributed by atoms with E-state index in [1.165, 1.54) is 17.0 Å². The molecule has 0 aromatic carbocycles. The van der Waals surface area contributed by atoms with E-state index in [1.807, 2.05) is 0 Å². The summed E-state index contributed by atoms with van der Waals surface area (Å²) in [6.45, 7) is 3.92. The van der Waals surface area contributed by atoms with Crippen molar-refractivity contribution in [3.63, 3.8) is 0 Å². The van der Waals surface area contributed by atoms with Gasteiger partial charge in [-0.25, -0.2) is 9.78 Å². The molecule has 0 unspecified atom stereocenters. The van der Waals surface area contributed by atoms with Gasteiger partial charge in [0.25, 0.3) is 0 Å². The van der Waals surface area contributed by atoms with Crippen LogP contribution in [0.5, 0.6) is 5.88 Å². The van der Waals surface area contributed by atoms with Gasteiger partial charge in [-0.05, 0) is 6.08 Å². The van der Waals surface area contributed by atoms with Gasteiger partial charge in [-0.2, -0.15) is 18.2 Å². The lowest BCUT2D eigenvalue weighted by Crippen LogP contribution is -2.41. The Kier molecular flexibility index (Phi) is 4.53. The Hall–Kier alpha value is -2.32. The molecule has 120 valence electrons. The zero-order valence-electron chi connectivity index (χ0n) is 11.5. The summed E-state index contributed by atoms with van der Waals surface area (Å²) in [4.78, 5) is 18.7. The summed E-state index contributed by atoms with van der Waals surface area (Å²) in [5, 5.41) is 8.84. The molecule has 0 radical (unpaired) electrons. The Morgan fingerprint density at radius 3 is 2.55 bits per heavy atom. The Balaban J connectivity index is 2.10. The number of hydrogen-bond donors (Lipinski definition) is 1. The maximum atomic E-state index is 12.7. The molecule has 1 fully saturated rings. The lowest BCUT2D eigenvalue weighted by atomic mass is 10.1. The standard InChI is InChI=1S/C13H14F3N3O3/c1-2-8-7-10(18-11(17-8)13(14,15)16)22-9-3-5-19(6-4-9)12(20)21/h2,7,9H,1,3-6H2,(H,20,21). The third-order valence-electron chi connectivity index (χ3n) is 3.19. The third-order valence-corrected chi connectivity index (χ3v) is 3.19. The topological polar surface area (TPSA) is 75.5 Å². The summed E-state index contributed by atoms with van der Waals surface area (Å²) >= 11 is 0. The van der Waals surface area contributed by atoms with Crippen molar-refractivity contribution in [1.82, 2.24) is 14.9 Å². The number of aromatic nitrogens is 2. The average molecular weight is 317 g/mol. The second-order valence-electron chi connectivity index (χ2n) is 4.74. The van der Waals surface area contributed by atoms with Crippen LogP contribution in [0.15, 0.2) is 12.6 Å². The number of amides is 1. The van der Waals surface area contributed by atoms with Crippen LogP contribution in [0.2, 0.25) is 0 Å². The van der Waals surface area contributed by atoms with Crippen molar-refractivity contribution in [2.45, 2.75) is 25.1 Å². The summed E-state index contributed by atoms with van der Waals surface area (Å²) in [5.74, 6) is -1.48. The summed E-state index contributed by atoms with van der Waals surface area (Å²) < 4.78 is 43.6. The fourth-order valence-electron chi connectivity index (χ4n) is 2.07. The number of likely N-dealkylation sites (tertiary alicyclic amines) is 1. The van der Waals surface area contributed by atoms with Gasteiger partial charge in [-0.3, -0.25) is 0 Å². The van der Waals surface area contributed by atoms with Crippen molar-refractivity contribution in [3.05, 3.63) is 24.2 Å². The molecule has 22 heavy (non-hydrogen) atoms. The van der Waals surface area contributed by atoms with Crippen LogP contribution in [0.3, 0.4) is 0 Å².